The first kappa shape index (κ1) is 12.0. The molecule has 17 heavy (non-hydrogen) atoms. The fourth-order valence-electron chi connectivity index (χ4n) is 1.70. The lowest BCUT2D eigenvalue weighted by Gasteiger charge is -2.05. The number of halogens is 1. The van der Waals surface area contributed by atoms with Gasteiger partial charge in [0, 0.05) is 12.1 Å². The predicted molar refractivity (Wildman–Crippen MR) is 70.1 cm³/mol. The van der Waals surface area contributed by atoms with E-state index in [1.807, 2.05) is 30.3 Å². The van der Waals surface area contributed by atoms with Gasteiger partial charge in [-0.15, -0.1) is 0 Å². The van der Waals surface area contributed by atoms with Gasteiger partial charge in [-0.3, -0.25) is 9.48 Å². The highest BCUT2D eigenvalue weighted by molar-refractivity contribution is 9.10. The van der Waals surface area contributed by atoms with E-state index < -0.39 is 0 Å². The summed E-state index contributed by atoms with van der Waals surface area (Å²) in [5, 5.41) is 4.20. The molecule has 0 saturated heterocycles. The van der Waals surface area contributed by atoms with Crippen LogP contribution in [-0.2, 0) is 6.54 Å². The van der Waals surface area contributed by atoms with Crippen molar-refractivity contribution in [2.45, 2.75) is 19.9 Å². The summed E-state index contributed by atoms with van der Waals surface area (Å²) in [6.45, 7) is 2.81. The van der Waals surface area contributed by atoms with Gasteiger partial charge in [-0.25, -0.2) is 0 Å². The summed E-state index contributed by atoms with van der Waals surface area (Å²) in [5.41, 5.74) is 1.31. The van der Waals surface area contributed by atoms with Gasteiger partial charge in [0.25, 0.3) is 0 Å². The van der Waals surface area contributed by atoms with Crippen LogP contribution in [0.25, 0.3) is 0 Å². The minimum absolute atomic E-state index is 0.00317. The van der Waals surface area contributed by atoms with Gasteiger partial charge in [0.1, 0.15) is 5.69 Å². The lowest BCUT2D eigenvalue weighted by Crippen LogP contribution is -2.12. The van der Waals surface area contributed by atoms with Crippen molar-refractivity contribution in [3.05, 3.63) is 52.3 Å². The maximum Gasteiger partial charge on any atom is 0.212 e. The molecule has 0 unspecified atom stereocenters. The highest BCUT2D eigenvalue weighted by atomic mass is 79.9. The molecule has 4 heteroatoms. The Balaban J connectivity index is 2.40. The van der Waals surface area contributed by atoms with Gasteiger partial charge < -0.3 is 0 Å². The summed E-state index contributed by atoms with van der Waals surface area (Å²) in [6, 6.07) is 9.26. The molecular weight excluding hydrogens is 280 g/mol. The number of carbonyl (C=O) groups is 1. The van der Waals surface area contributed by atoms with E-state index in [9.17, 15) is 4.79 Å². The van der Waals surface area contributed by atoms with E-state index in [4.69, 9.17) is 0 Å². The second-order valence-electron chi connectivity index (χ2n) is 3.76. The van der Waals surface area contributed by atoms with Crippen LogP contribution in [0.5, 0.6) is 0 Å². The second kappa shape index (κ2) is 5.27. The average molecular weight is 293 g/mol. The zero-order chi connectivity index (χ0) is 12.3. The largest absolute Gasteiger partial charge is 0.287 e. The van der Waals surface area contributed by atoms with Crippen LogP contribution in [-0.4, -0.2) is 15.6 Å². The lowest BCUT2D eigenvalue weighted by atomic mass is 10.1. The first-order valence-electron chi connectivity index (χ1n) is 5.55. The number of aromatic nitrogens is 2. The van der Waals surface area contributed by atoms with Gasteiger partial charge in [0.05, 0.1) is 10.7 Å². The van der Waals surface area contributed by atoms with Crippen molar-refractivity contribution < 1.29 is 4.79 Å². The Hall–Kier alpha value is -1.42. The number of nitrogens with zero attached hydrogens (tertiary/aromatic N) is 2. The smallest absolute Gasteiger partial charge is 0.212 e. The van der Waals surface area contributed by atoms with Crippen LogP contribution in [0, 0.1) is 0 Å². The van der Waals surface area contributed by atoms with Crippen molar-refractivity contribution in [1.82, 2.24) is 9.78 Å². The minimum Gasteiger partial charge on any atom is -0.287 e. The molecule has 1 aromatic heterocycles. The van der Waals surface area contributed by atoms with Crippen molar-refractivity contribution in [2.24, 2.45) is 0 Å². The molecule has 88 valence electrons. The van der Waals surface area contributed by atoms with Crippen LogP contribution in [0.1, 0.15) is 29.4 Å². The maximum absolute atomic E-state index is 12.3. The van der Waals surface area contributed by atoms with Crippen molar-refractivity contribution in [1.29, 1.82) is 0 Å². The van der Waals surface area contributed by atoms with E-state index in [1.165, 1.54) is 0 Å². The topological polar surface area (TPSA) is 34.9 Å². The standard InChI is InChI=1S/C13H13BrN2O/c1-2-8-16-12(11(14)9-15-16)13(17)10-6-4-3-5-7-10/h3-7,9H,2,8H2,1H3. The maximum atomic E-state index is 12.3. The number of hydrogen-bond donors (Lipinski definition) is 0. The third-order valence-corrected chi connectivity index (χ3v) is 3.06. The van der Waals surface area contributed by atoms with Gasteiger partial charge in [-0.2, -0.15) is 5.10 Å². The summed E-state index contributed by atoms with van der Waals surface area (Å²) in [4.78, 5) is 12.3. The first-order chi connectivity index (χ1) is 8.24. The third-order valence-electron chi connectivity index (χ3n) is 2.48. The molecule has 0 bridgehead atoms. The lowest BCUT2D eigenvalue weighted by molar-refractivity contribution is 0.102. The van der Waals surface area contributed by atoms with Crippen molar-refractivity contribution in [3.8, 4) is 0 Å². The molecule has 3 nitrogen and oxygen atoms in total. The van der Waals surface area contributed by atoms with Crippen LogP contribution in [0.2, 0.25) is 0 Å². The molecule has 1 heterocycles. The van der Waals surface area contributed by atoms with Crippen LogP contribution in [0.4, 0.5) is 0 Å². The van der Waals surface area contributed by atoms with Crippen LogP contribution >= 0.6 is 15.9 Å². The molecule has 0 amide bonds. The van der Waals surface area contributed by atoms with E-state index in [-0.39, 0.29) is 5.78 Å². The monoisotopic (exact) mass is 292 g/mol. The van der Waals surface area contributed by atoms with Crippen molar-refractivity contribution in [3.63, 3.8) is 0 Å². The van der Waals surface area contributed by atoms with Gasteiger partial charge in [0.2, 0.25) is 5.78 Å². The molecule has 0 spiro atoms. The second-order valence-corrected chi connectivity index (χ2v) is 4.61. The Morgan fingerprint density at radius 3 is 2.71 bits per heavy atom. The van der Waals surface area contributed by atoms with Crippen molar-refractivity contribution >= 4 is 21.7 Å². The average Bonchev–Trinajstić information content (AvgIpc) is 2.71. The van der Waals surface area contributed by atoms with Gasteiger partial charge in [-0.05, 0) is 22.4 Å². The molecule has 2 rings (SSSR count). The van der Waals surface area contributed by atoms with E-state index in [0.717, 1.165) is 17.4 Å². The van der Waals surface area contributed by atoms with Gasteiger partial charge in [0.15, 0.2) is 0 Å². The van der Waals surface area contributed by atoms with Gasteiger partial charge in [-0.1, -0.05) is 37.3 Å². The SMILES string of the molecule is CCCn1ncc(Br)c1C(=O)c1ccccc1. The number of carbonyl (C=O) groups excluding carboxylic acids is 1. The molecule has 0 fully saturated rings. The van der Waals surface area contributed by atoms with E-state index in [2.05, 4.69) is 28.0 Å². The Kier molecular flexibility index (Phi) is 3.74. The fourth-order valence-corrected chi connectivity index (χ4v) is 2.17. The highest BCUT2D eigenvalue weighted by Crippen LogP contribution is 2.20. The Morgan fingerprint density at radius 2 is 2.06 bits per heavy atom. The summed E-state index contributed by atoms with van der Waals surface area (Å²) >= 11 is 3.38. The molecular formula is C13H13BrN2O. The number of hydrogen-bond acceptors (Lipinski definition) is 2. The molecule has 0 N–H and O–H groups in total. The van der Waals surface area contributed by atoms with Crippen LogP contribution < -0.4 is 0 Å². The molecule has 0 saturated carbocycles. The molecule has 0 aliphatic heterocycles. The van der Waals surface area contributed by atoms with Crippen LogP contribution in [0.15, 0.2) is 41.0 Å². The molecule has 1 aromatic carbocycles. The summed E-state index contributed by atoms with van der Waals surface area (Å²) in [5.74, 6) is 0.00317. The molecule has 0 radical (unpaired) electrons. The molecule has 0 aliphatic rings. The van der Waals surface area contributed by atoms with Gasteiger partial charge >= 0.3 is 0 Å². The summed E-state index contributed by atoms with van der Waals surface area (Å²) in [6.07, 6.45) is 2.62. The molecule has 2 aromatic rings. The fraction of sp³-hybridized carbons (Fsp3) is 0.231. The van der Waals surface area contributed by atoms with E-state index in [0.29, 0.717) is 11.3 Å². The quantitative estimate of drug-likeness (QED) is 0.811. The summed E-state index contributed by atoms with van der Waals surface area (Å²) < 4.78 is 2.50. The molecule has 0 atom stereocenters. The Morgan fingerprint density at radius 1 is 1.35 bits per heavy atom. The number of aryl methyl sites for hydroxylation is 1. The summed E-state index contributed by atoms with van der Waals surface area (Å²) in [7, 11) is 0. The zero-order valence-corrected chi connectivity index (χ0v) is 11.1. The third kappa shape index (κ3) is 2.47. The number of rotatable bonds is 4. The van der Waals surface area contributed by atoms with E-state index >= 15 is 0 Å². The van der Waals surface area contributed by atoms with Crippen LogP contribution in [0.3, 0.4) is 0 Å². The minimum atomic E-state index is 0.00317. The number of ketones is 1. The number of benzene rings is 1. The normalized spacial score (nSPS) is 10.5. The Labute approximate surface area is 109 Å². The van der Waals surface area contributed by atoms with Crippen molar-refractivity contribution in [2.75, 3.05) is 0 Å². The predicted octanol–water partition coefficient (Wildman–Crippen LogP) is 3.29. The van der Waals surface area contributed by atoms with E-state index in [1.54, 1.807) is 10.9 Å². The Bertz CT molecular complexity index is 519. The molecule has 0 aliphatic carbocycles. The highest BCUT2D eigenvalue weighted by Gasteiger charge is 2.17. The zero-order valence-electron chi connectivity index (χ0n) is 9.56. The first-order valence-corrected chi connectivity index (χ1v) is 6.34.